The number of pyridine rings is 1. The monoisotopic (exact) mass is 290 g/mol. The molecule has 1 atom stereocenters. The van der Waals surface area contributed by atoms with Crippen LogP contribution in [0.5, 0.6) is 0 Å². The molecule has 3 rings (SSSR count). The summed E-state index contributed by atoms with van der Waals surface area (Å²) in [6, 6.07) is 1.90. The van der Waals surface area contributed by atoms with Crippen LogP contribution in [0.3, 0.4) is 0 Å². The number of rotatable bonds is 2. The topological polar surface area (TPSA) is 51.7 Å². The highest BCUT2D eigenvalue weighted by atomic mass is 16.6. The molecule has 1 unspecified atom stereocenters. The molecule has 2 saturated heterocycles. The van der Waals surface area contributed by atoms with Crippen molar-refractivity contribution in [3.05, 3.63) is 29.6 Å². The van der Waals surface area contributed by atoms with Crippen molar-refractivity contribution in [1.29, 1.82) is 0 Å². The van der Waals surface area contributed by atoms with Crippen molar-refractivity contribution in [3.63, 3.8) is 0 Å². The smallest absolute Gasteiger partial charge is 0.255 e. The lowest BCUT2D eigenvalue weighted by molar-refractivity contribution is -0.0402. The van der Waals surface area contributed by atoms with Gasteiger partial charge in [0.25, 0.3) is 5.91 Å². The van der Waals surface area contributed by atoms with Gasteiger partial charge in [-0.05, 0) is 31.4 Å². The van der Waals surface area contributed by atoms with E-state index in [9.17, 15) is 4.79 Å². The summed E-state index contributed by atoms with van der Waals surface area (Å²) in [5.41, 5.74) is 1.60. The fourth-order valence-electron chi connectivity index (χ4n) is 3.27. The summed E-state index contributed by atoms with van der Waals surface area (Å²) < 4.78 is 11.3. The number of carbonyl (C=O) groups is 1. The van der Waals surface area contributed by atoms with Crippen molar-refractivity contribution < 1.29 is 14.3 Å². The molecule has 114 valence electrons. The molecule has 0 aromatic carbocycles. The van der Waals surface area contributed by atoms with Crippen molar-refractivity contribution >= 4 is 5.91 Å². The van der Waals surface area contributed by atoms with Gasteiger partial charge in [-0.15, -0.1) is 0 Å². The predicted molar refractivity (Wildman–Crippen MR) is 78.2 cm³/mol. The van der Waals surface area contributed by atoms with Crippen LogP contribution in [0.25, 0.3) is 0 Å². The van der Waals surface area contributed by atoms with Gasteiger partial charge in [0.2, 0.25) is 0 Å². The van der Waals surface area contributed by atoms with E-state index in [1.54, 1.807) is 19.5 Å². The fourth-order valence-corrected chi connectivity index (χ4v) is 3.27. The molecular formula is C16H22N2O3. The molecule has 0 N–H and O–H groups in total. The summed E-state index contributed by atoms with van der Waals surface area (Å²) in [5, 5.41) is 0. The zero-order valence-electron chi connectivity index (χ0n) is 12.7. The van der Waals surface area contributed by atoms with Crippen LogP contribution in [-0.4, -0.2) is 54.3 Å². The number of nitrogens with zero attached hydrogens (tertiary/aromatic N) is 2. The van der Waals surface area contributed by atoms with Gasteiger partial charge in [-0.2, -0.15) is 0 Å². The summed E-state index contributed by atoms with van der Waals surface area (Å²) in [5.74, 6) is 0.0716. The van der Waals surface area contributed by atoms with Crippen LogP contribution < -0.4 is 0 Å². The quantitative estimate of drug-likeness (QED) is 0.833. The molecule has 5 heteroatoms. The molecule has 21 heavy (non-hydrogen) atoms. The molecule has 1 amide bonds. The number of piperidine rings is 1. The van der Waals surface area contributed by atoms with E-state index in [1.165, 1.54) is 0 Å². The van der Waals surface area contributed by atoms with Crippen LogP contribution in [0.15, 0.2) is 18.5 Å². The van der Waals surface area contributed by atoms with Gasteiger partial charge in [0.15, 0.2) is 0 Å². The zero-order chi connectivity index (χ0) is 14.9. The van der Waals surface area contributed by atoms with Gasteiger partial charge < -0.3 is 14.4 Å². The molecule has 5 nitrogen and oxygen atoms in total. The van der Waals surface area contributed by atoms with Crippen molar-refractivity contribution in [2.45, 2.75) is 37.9 Å². The minimum atomic E-state index is -0.0810. The molecule has 0 radical (unpaired) electrons. The molecule has 1 aromatic rings. The van der Waals surface area contributed by atoms with Crippen LogP contribution in [-0.2, 0) is 9.47 Å². The van der Waals surface area contributed by atoms with E-state index in [4.69, 9.17) is 9.47 Å². The second-order valence-electron chi connectivity index (χ2n) is 6.10. The van der Waals surface area contributed by atoms with E-state index in [2.05, 4.69) is 4.98 Å². The number of hydrogen-bond acceptors (Lipinski definition) is 4. The van der Waals surface area contributed by atoms with Gasteiger partial charge in [0, 0.05) is 39.0 Å². The first-order chi connectivity index (χ1) is 10.1. The third kappa shape index (κ3) is 2.94. The van der Waals surface area contributed by atoms with E-state index in [0.29, 0.717) is 12.2 Å². The van der Waals surface area contributed by atoms with Crippen LogP contribution >= 0.6 is 0 Å². The summed E-state index contributed by atoms with van der Waals surface area (Å²) in [6.45, 7) is 4.10. The Bertz CT molecular complexity index is 524. The van der Waals surface area contributed by atoms with Gasteiger partial charge in [-0.25, -0.2) is 0 Å². The van der Waals surface area contributed by atoms with Crippen molar-refractivity contribution in [2.75, 3.05) is 26.8 Å². The maximum absolute atomic E-state index is 12.5. The van der Waals surface area contributed by atoms with E-state index >= 15 is 0 Å². The third-order valence-electron chi connectivity index (χ3n) is 4.59. The fraction of sp³-hybridized carbons (Fsp3) is 0.625. The SMILES string of the molecule is COC1COC2(CCN(C(=O)c3cncc(C)c3)CC2)C1. The van der Waals surface area contributed by atoms with Gasteiger partial charge in [0.05, 0.1) is 23.9 Å². The van der Waals surface area contributed by atoms with E-state index < -0.39 is 0 Å². The second-order valence-corrected chi connectivity index (χ2v) is 6.10. The molecule has 0 bridgehead atoms. The highest BCUT2D eigenvalue weighted by Crippen LogP contribution is 2.37. The van der Waals surface area contributed by atoms with Gasteiger partial charge in [0.1, 0.15) is 0 Å². The Kier molecular flexibility index (Phi) is 3.95. The second kappa shape index (κ2) is 5.73. The minimum absolute atomic E-state index is 0.0716. The van der Waals surface area contributed by atoms with Crippen LogP contribution in [0.4, 0.5) is 0 Å². The van der Waals surface area contributed by atoms with Crippen LogP contribution in [0.2, 0.25) is 0 Å². The standard InChI is InChI=1S/C16H22N2O3/c1-12-7-13(10-17-9-12)15(19)18-5-3-16(4-6-18)8-14(20-2)11-21-16/h7,9-10,14H,3-6,8,11H2,1-2H3. The predicted octanol–water partition coefficient (Wildman–Crippen LogP) is 1.80. The molecule has 1 spiro atoms. The Morgan fingerprint density at radius 1 is 1.43 bits per heavy atom. The maximum Gasteiger partial charge on any atom is 0.255 e. The van der Waals surface area contributed by atoms with Gasteiger partial charge >= 0.3 is 0 Å². The van der Waals surface area contributed by atoms with Crippen LogP contribution in [0, 0.1) is 6.92 Å². The summed E-state index contributed by atoms with van der Waals surface area (Å²) >= 11 is 0. The maximum atomic E-state index is 12.5. The highest BCUT2D eigenvalue weighted by molar-refractivity contribution is 5.94. The summed E-state index contributed by atoms with van der Waals surface area (Å²) in [4.78, 5) is 18.5. The molecule has 0 saturated carbocycles. The largest absolute Gasteiger partial charge is 0.379 e. The number of carbonyl (C=O) groups excluding carboxylic acids is 1. The number of aryl methyl sites for hydroxylation is 1. The normalized spacial score (nSPS) is 24.5. The van der Waals surface area contributed by atoms with Crippen molar-refractivity contribution in [3.8, 4) is 0 Å². The minimum Gasteiger partial charge on any atom is -0.379 e. The first-order valence-electron chi connectivity index (χ1n) is 7.50. The molecule has 2 aliphatic rings. The summed E-state index contributed by atoms with van der Waals surface area (Å²) in [7, 11) is 1.73. The lowest BCUT2D eigenvalue weighted by Gasteiger charge is -2.38. The molecular weight excluding hydrogens is 268 g/mol. The Balaban J connectivity index is 1.62. The van der Waals surface area contributed by atoms with E-state index in [1.807, 2.05) is 17.9 Å². The number of amides is 1. The Labute approximate surface area is 125 Å². The molecule has 1 aromatic heterocycles. The first-order valence-corrected chi connectivity index (χ1v) is 7.50. The number of hydrogen-bond donors (Lipinski definition) is 0. The molecule has 3 heterocycles. The number of likely N-dealkylation sites (tertiary alicyclic amines) is 1. The highest BCUT2D eigenvalue weighted by Gasteiger charge is 2.43. The molecule has 2 fully saturated rings. The Hall–Kier alpha value is -1.46. The number of methoxy groups -OCH3 is 1. The average molecular weight is 290 g/mol. The van der Waals surface area contributed by atoms with Crippen LogP contribution in [0.1, 0.15) is 35.2 Å². The lowest BCUT2D eigenvalue weighted by atomic mass is 9.87. The van der Waals surface area contributed by atoms with Crippen molar-refractivity contribution in [2.24, 2.45) is 0 Å². The van der Waals surface area contributed by atoms with E-state index in [-0.39, 0.29) is 17.6 Å². The summed E-state index contributed by atoms with van der Waals surface area (Å²) in [6.07, 6.45) is 6.33. The van der Waals surface area contributed by atoms with Crippen molar-refractivity contribution in [1.82, 2.24) is 9.88 Å². The Morgan fingerprint density at radius 2 is 2.19 bits per heavy atom. The number of ether oxygens (including phenoxy) is 2. The Morgan fingerprint density at radius 3 is 2.81 bits per heavy atom. The van der Waals surface area contributed by atoms with E-state index in [0.717, 1.165) is 37.9 Å². The number of aromatic nitrogens is 1. The van der Waals surface area contributed by atoms with Gasteiger partial charge in [-0.1, -0.05) is 0 Å². The lowest BCUT2D eigenvalue weighted by Crippen LogP contribution is -2.46. The first kappa shape index (κ1) is 14.5. The third-order valence-corrected chi connectivity index (χ3v) is 4.59. The van der Waals surface area contributed by atoms with Gasteiger partial charge in [-0.3, -0.25) is 9.78 Å². The molecule has 0 aliphatic carbocycles. The average Bonchev–Trinajstić information content (AvgIpc) is 2.90. The zero-order valence-corrected chi connectivity index (χ0v) is 12.7. The molecule has 2 aliphatic heterocycles.